The number of benzene rings is 2. The van der Waals surface area contributed by atoms with E-state index in [1.807, 2.05) is 0 Å². The number of methoxy groups -OCH3 is 1. The number of hydrogen-bond donors (Lipinski definition) is 0. The Labute approximate surface area is 245 Å². The molecule has 0 aliphatic carbocycles. The van der Waals surface area contributed by atoms with Crippen LogP contribution in [-0.2, 0) is 42.9 Å². The van der Waals surface area contributed by atoms with Crippen molar-refractivity contribution in [3.63, 3.8) is 0 Å². The third-order valence-corrected chi connectivity index (χ3v) is 6.35. The van der Waals surface area contributed by atoms with Gasteiger partial charge in [-0.25, -0.2) is 0 Å². The highest BCUT2D eigenvalue weighted by Crippen LogP contribution is 2.32. The zero-order valence-corrected chi connectivity index (χ0v) is 24.0. The van der Waals surface area contributed by atoms with Crippen molar-refractivity contribution in [2.75, 3.05) is 13.7 Å². The lowest BCUT2D eigenvalue weighted by molar-refractivity contribution is -0.288. The second-order valence-corrected chi connectivity index (χ2v) is 9.55. The third-order valence-electron chi connectivity index (χ3n) is 6.35. The Bertz CT molecular complexity index is 1560. The van der Waals surface area contributed by atoms with Gasteiger partial charge in [0.15, 0.2) is 17.6 Å². The molecule has 4 rings (SSSR count). The first kappa shape index (κ1) is 31.0. The van der Waals surface area contributed by atoms with Gasteiger partial charge in [0, 0.05) is 33.8 Å². The normalized spacial score (nSPS) is 21.4. The second kappa shape index (κ2) is 13.4. The summed E-state index contributed by atoms with van der Waals surface area (Å²) >= 11 is 0. The molecule has 1 aliphatic heterocycles. The van der Waals surface area contributed by atoms with E-state index in [1.54, 1.807) is 31.4 Å². The van der Waals surface area contributed by atoms with E-state index in [9.17, 15) is 24.0 Å². The summed E-state index contributed by atoms with van der Waals surface area (Å²) in [4.78, 5) is 60.8. The molecule has 2 heterocycles. The van der Waals surface area contributed by atoms with E-state index in [0.29, 0.717) is 16.9 Å². The largest absolute Gasteiger partial charge is 0.497 e. The van der Waals surface area contributed by atoms with Gasteiger partial charge in [-0.2, -0.15) is 0 Å². The lowest BCUT2D eigenvalue weighted by Gasteiger charge is -2.43. The van der Waals surface area contributed by atoms with Crippen LogP contribution in [0.2, 0.25) is 0 Å². The lowest BCUT2D eigenvalue weighted by atomic mass is 9.98. The number of ether oxygens (including phenoxy) is 7. The van der Waals surface area contributed by atoms with Crippen LogP contribution in [0.25, 0.3) is 22.1 Å². The molecule has 1 aliphatic rings. The highest BCUT2D eigenvalue weighted by molar-refractivity contribution is 5.82. The summed E-state index contributed by atoms with van der Waals surface area (Å²) < 4.78 is 44.2. The number of carbonyl (C=O) groups excluding carboxylic acids is 4. The van der Waals surface area contributed by atoms with E-state index in [0.717, 1.165) is 20.8 Å². The summed E-state index contributed by atoms with van der Waals surface area (Å²) in [6, 6.07) is 11.3. The molecule has 0 N–H and O–H groups in total. The zero-order chi connectivity index (χ0) is 31.3. The second-order valence-electron chi connectivity index (χ2n) is 9.55. The van der Waals surface area contributed by atoms with Gasteiger partial charge in [0.25, 0.3) is 0 Å². The van der Waals surface area contributed by atoms with Crippen molar-refractivity contribution in [2.45, 2.75) is 58.4 Å². The quantitative estimate of drug-likeness (QED) is 0.261. The molecule has 5 unspecified atom stereocenters. The fourth-order valence-electron chi connectivity index (χ4n) is 4.57. The molecule has 3 aromatic rings. The molecular formula is C30H30O13. The van der Waals surface area contributed by atoms with Gasteiger partial charge >= 0.3 is 23.9 Å². The number of carbonyl (C=O) groups is 4. The molecule has 228 valence electrons. The maximum absolute atomic E-state index is 13.3. The SMILES string of the molecule is COc1ccc(-c2coc3cc(OC4OC(COC(C)=O)C(OC(C)=O)C(OC(C)=O)C4OC(C)=O)ccc3c2=O)cc1. The van der Waals surface area contributed by atoms with Crippen LogP contribution in [0.5, 0.6) is 11.5 Å². The molecule has 13 nitrogen and oxygen atoms in total. The highest BCUT2D eigenvalue weighted by Gasteiger charge is 2.53. The van der Waals surface area contributed by atoms with Crippen LogP contribution in [0, 0.1) is 0 Å². The van der Waals surface area contributed by atoms with Crippen molar-refractivity contribution >= 4 is 34.8 Å². The summed E-state index contributed by atoms with van der Waals surface area (Å²) in [6.45, 7) is 4.14. The van der Waals surface area contributed by atoms with E-state index in [-0.39, 0.29) is 22.1 Å². The third kappa shape index (κ3) is 7.49. The molecule has 0 saturated carbocycles. The minimum Gasteiger partial charge on any atom is -0.497 e. The highest BCUT2D eigenvalue weighted by atomic mass is 16.7. The molecule has 0 amide bonds. The smallest absolute Gasteiger partial charge is 0.303 e. The van der Waals surface area contributed by atoms with Crippen LogP contribution in [0.1, 0.15) is 27.7 Å². The summed E-state index contributed by atoms with van der Waals surface area (Å²) in [5.74, 6) is -2.17. The topological polar surface area (TPSA) is 163 Å². The Hall–Kier alpha value is -4.91. The lowest BCUT2D eigenvalue weighted by Crippen LogP contribution is -2.63. The van der Waals surface area contributed by atoms with Gasteiger partial charge in [-0.15, -0.1) is 0 Å². The van der Waals surface area contributed by atoms with E-state index in [1.165, 1.54) is 31.4 Å². The average molecular weight is 599 g/mol. The van der Waals surface area contributed by atoms with E-state index in [4.69, 9.17) is 37.6 Å². The molecule has 13 heteroatoms. The number of hydrogen-bond acceptors (Lipinski definition) is 13. The number of rotatable bonds is 9. The van der Waals surface area contributed by atoms with Gasteiger partial charge in [-0.05, 0) is 29.8 Å². The molecule has 0 radical (unpaired) electrons. The first-order valence-electron chi connectivity index (χ1n) is 13.1. The molecule has 0 bridgehead atoms. The van der Waals surface area contributed by atoms with Crippen molar-refractivity contribution in [3.05, 3.63) is 59.0 Å². The van der Waals surface area contributed by atoms with E-state index < -0.39 is 61.2 Å². The van der Waals surface area contributed by atoms with E-state index in [2.05, 4.69) is 0 Å². The summed E-state index contributed by atoms with van der Waals surface area (Å²) in [7, 11) is 1.54. The minimum absolute atomic E-state index is 0.133. The van der Waals surface area contributed by atoms with Crippen molar-refractivity contribution < 1.29 is 56.8 Å². The average Bonchev–Trinajstić information content (AvgIpc) is 2.94. The van der Waals surface area contributed by atoms with Crippen molar-refractivity contribution in [2.24, 2.45) is 0 Å². The Balaban J connectivity index is 1.69. The van der Waals surface area contributed by atoms with Crippen LogP contribution in [0.4, 0.5) is 0 Å². The van der Waals surface area contributed by atoms with Crippen LogP contribution in [0.15, 0.2) is 57.9 Å². The van der Waals surface area contributed by atoms with Gasteiger partial charge in [-0.1, -0.05) is 12.1 Å². The van der Waals surface area contributed by atoms with Crippen LogP contribution >= 0.6 is 0 Å². The Morgan fingerprint density at radius 2 is 1.37 bits per heavy atom. The molecule has 0 spiro atoms. The van der Waals surface area contributed by atoms with Gasteiger partial charge in [0.1, 0.15) is 36.1 Å². The van der Waals surface area contributed by atoms with Gasteiger partial charge in [0.2, 0.25) is 12.4 Å². The van der Waals surface area contributed by atoms with Crippen LogP contribution in [0.3, 0.4) is 0 Å². The number of fused-ring (bicyclic) bond motifs is 1. The predicted octanol–water partition coefficient (Wildman–Crippen LogP) is 2.93. The predicted molar refractivity (Wildman–Crippen MR) is 147 cm³/mol. The molecule has 1 fully saturated rings. The molecule has 2 aromatic carbocycles. The van der Waals surface area contributed by atoms with Crippen molar-refractivity contribution in [1.29, 1.82) is 0 Å². The molecule has 1 aromatic heterocycles. The Morgan fingerprint density at radius 3 is 1.98 bits per heavy atom. The van der Waals surface area contributed by atoms with Crippen molar-refractivity contribution in [1.82, 2.24) is 0 Å². The minimum atomic E-state index is -1.44. The number of esters is 4. The van der Waals surface area contributed by atoms with Crippen molar-refractivity contribution in [3.8, 4) is 22.6 Å². The first-order valence-corrected chi connectivity index (χ1v) is 13.1. The Morgan fingerprint density at radius 1 is 0.767 bits per heavy atom. The fraction of sp³-hybridized carbons (Fsp3) is 0.367. The molecule has 43 heavy (non-hydrogen) atoms. The molecule has 5 atom stereocenters. The molecular weight excluding hydrogens is 568 g/mol. The van der Waals surface area contributed by atoms with Gasteiger partial charge in [0.05, 0.1) is 18.1 Å². The monoisotopic (exact) mass is 598 g/mol. The van der Waals surface area contributed by atoms with Gasteiger partial charge < -0.3 is 37.6 Å². The summed E-state index contributed by atoms with van der Waals surface area (Å²) in [6.07, 6.45) is -5.43. The standard InChI is InChI=1S/C30H30O13/c1-15(31)37-14-25-27(39-16(2)32)28(40-17(3)33)29(41-18(4)34)30(43-25)42-21-10-11-22-24(12-21)38-13-23(26(22)35)19-6-8-20(36-5)9-7-19/h6-13,25,27-30H,14H2,1-5H3. The molecule has 1 saturated heterocycles. The maximum atomic E-state index is 13.3. The Kier molecular flexibility index (Phi) is 9.66. The van der Waals surface area contributed by atoms with Crippen LogP contribution in [-0.4, -0.2) is 68.3 Å². The summed E-state index contributed by atoms with van der Waals surface area (Å²) in [5, 5.41) is 0.266. The maximum Gasteiger partial charge on any atom is 0.303 e. The zero-order valence-electron chi connectivity index (χ0n) is 24.0. The van der Waals surface area contributed by atoms with Crippen LogP contribution < -0.4 is 14.9 Å². The first-order chi connectivity index (χ1) is 20.5. The summed E-state index contributed by atoms with van der Waals surface area (Å²) in [5.41, 5.74) is 0.869. The fourth-order valence-corrected chi connectivity index (χ4v) is 4.57. The van der Waals surface area contributed by atoms with Gasteiger partial charge in [-0.3, -0.25) is 24.0 Å². The van der Waals surface area contributed by atoms with E-state index >= 15 is 0 Å².